The highest BCUT2D eigenvalue weighted by molar-refractivity contribution is 5.66. The summed E-state index contributed by atoms with van der Waals surface area (Å²) in [5.41, 5.74) is 0. The predicted octanol–water partition coefficient (Wildman–Crippen LogP) is 2.85. The van der Waals surface area contributed by atoms with Gasteiger partial charge in [0, 0.05) is 13.3 Å². The molecule has 0 amide bonds. The van der Waals surface area contributed by atoms with Gasteiger partial charge in [-0.1, -0.05) is 25.5 Å². The van der Waals surface area contributed by atoms with Gasteiger partial charge in [0.2, 0.25) is 0 Å². The summed E-state index contributed by atoms with van der Waals surface area (Å²) in [5, 5.41) is 0. The molecule has 0 rings (SSSR count). The summed E-state index contributed by atoms with van der Waals surface area (Å²) < 4.78 is 5.04. The van der Waals surface area contributed by atoms with Crippen molar-refractivity contribution in [3.8, 4) is 0 Å². The largest absolute Gasteiger partial charge is 0.458 e. The lowest BCUT2D eigenvalue weighted by molar-refractivity contribution is -0.143. The van der Waals surface area contributed by atoms with Crippen LogP contribution in [-0.4, -0.2) is 12.1 Å². The van der Waals surface area contributed by atoms with Crippen molar-refractivity contribution >= 4 is 5.97 Å². The maximum Gasteiger partial charge on any atom is 0.303 e. The van der Waals surface area contributed by atoms with Gasteiger partial charge in [0.25, 0.3) is 0 Å². The monoisotopic (exact) mass is 182 g/mol. The predicted molar refractivity (Wildman–Crippen MR) is 54.4 cm³/mol. The molecule has 0 spiro atoms. The van der Waals surface area contributed by atoms with Crippen molar-refractivity contribution in [2.24, 2.45) is 0 Å². The van der Waals surface area contributed by atoms with E-state index in [-0.39, 0.29) is 12.1 Å². The summed E-state index contributed by atoms with van der Waals surface area (Å²) in [4.78, 5) is 10.7. The van der Waals surface area contributed by atoms with Crippen LogP contribution < -0.4 is 0 Å². The first-order valence-electron chi connectivity index (χ1n) is 4.65. The molecule has 2 nitrogen and oxygen atoms in total. The molecule has 0 bridgehead atoms. The first-order valence-corrected chi connectivity index (χ1v) is 4.65. The normalized spacial score (nSPS) is 12.8. The fourth-order valence-corrected chi connectivity index (χ4v) is 0.958. The van der Waals surface area contributed by atoms with Crippen molar-refractivity contribution in [2.75, 3.05) is 0 Å². The average molecular weight is 182 g/mol. The van der Waals surface area contributed by atoms with E-state index < -0.39 is 0 Å². The van der Waals surface area contributed by atoms with E-state index in [9.17, 15) is 4.79 Å². The zero-order valence-corrected chi connectivity index (χ0v) is 8.45. The second-order valence-electron chi connectivity index (χ2n) is 2.89. The van der Waals surface area contributed by atoms with Crippen molar-refractivity contribution in [2.45, 2.75) is 39.2 Å². The van der Waals surface area contributed by atoms with Gasteiger partial charge in [-0.2, -0.15) is 0 Å². The Bertz CT molecular complexity index is 183. The highest BCUT2D eigenvalue weighted by Gasteiger charge is 2.04. The first kappa shape index (κ1) is 11.9. The zero-order valence-electron chi connectivity index (χ0n) is 8.45. The molecule has 0 aromatic rings. The van der Waals surface area contributed by atoms with Gasteiger partial charge in [-0.3, -0.25) is 4.79 Å². The summed E-state index contributed by atoms with van der Waals surface area (Å²) in [6.07, 6.45) is 8.39. The lowest BCUT2D eigenvalue weighted by Crippen LogP contribution is -2.12. The van der Waals surface area contributed by atoms with E-state index in [4.69, 9.17) is 4.74 Å². The molecule has 0 fully saturated rings. The number of rotatable bonds is 6. The Morgan fingerprint density at radius 3 is 2.77 bits per heavy atom. The molecule has 0 radical (unpaired) electrons. The third-order valence-corrected chi connectivity index (χ3v) is 1.52. The summed E-state index contributed by atoms with van der Waals surface area (Å²) in [6, 6.07) is 0. The van der Waals surface area contributed by atoms with Crippen molar-refractivity contribution in [1.29, 1.82) is 0 Å². The highest BCUT2D eigenvalue weighted by Crippen LogP contribution is 2.03. The number of carbonyl (C=O) groups excluding carboxylic acids is 1. The Kier molecular flexibility index (Phi) is 6.98. The minimum atomic E-state index is -0.243. The number of allylic oxidation sites excluding steroid dienone is 1. The fourth-order valence-electron chi connectivity index (χ4n) is 0.958. The van der Waals surface area contributed by atoms with Gasteiger partial charge >= 0.3 is 5.97 Å². The van der Waals surface area contributed by atoms with Crippen LogP contribution in [0.4, 0.5) is 0 Å². The van der Waals surface area contributed by atoms with E-state index in [1.807, 2.05) is 12.2 Å². The van der Waals surface area contributed by atoms with E-state index in [0.717, 1.165) is 12.8 Å². The Labute approximate surface area is 80.3 Å². The molecule has 0 saturated carbocycles. The number of carbonyl (C=O) groups is 1. The number of hydrogen-bond donors (Lipinski definition) is 0. The molecule has 0 aliphatic carbocycles. The molecule has 0 N–H and O–H groups in total. The molecule has 0 aromatic carbocycles. The molecule has 13 heavy (non-hydrogen) atoms. The van der Waals surface area contributed by atoms with E-state index in [0.29, 0.717) is 6.42 Å². The maximum absolute atomic E-state index is 10.7. The van der Waals surface area contributed by atoms with Crippen LogP contribution in [0.5, 0.6) is 0 Å². The minimum absolute atomic E-state index is 0.137. The summed E-state index contributed by atoms with van der Waals surface area (Å²) in [5.74, 6) is -0.243. The van der Waals surface area contributed by atoms with Crippen LogP contribution >= 0.6 is 0 Å². The number of unbranched alkanes of at least 4 members (excludes halogenated alkanes) is 1. The smallest absolute Gasteiger partial charge is 0.303 e. The standard InChI is InChI=1S/C11H18O2/c1-4-6-7-9-11(8-5-2)13-10(3)12/h5,7,9,11H,2,4,6,8H2,1,3H3/b9-7+. The van der Waals surface area contributed by atoms with E-state index in [2.05, 4.69) is 13.5 Å². The van der Waals surface area contributed by atoms with Crippen LogP contribution in [0.25, 0.3) is 0 Å². The molecule has 0 aromatic heterocycles. The molecule has 0 heterocycles. The molecule has 0 aliphatic heterocycles. The van der Waals surface area contributed by atoms with Crippen molar-refractivity contribution in [3.63, 3.8) is 0 Å². The van der Waals surface area contributed by atoms with E-state index in [1.165, 1.54) is 6.92 Å². The lowest BCUT2D eigenvalue weighted by atomic mass is 10.2. The minimum Gasteiger partial charge on any atom is -0.458 e. The third-order valence-electron chi connectivity index (χ3n) is 1.52. The second-order valence-corrected chi connectivity index (χ2v) is 2.89. The molecule has 74 valence electrons. The third kappa shape index (κ3) is 7.32. The average Bonchev–Trinajstić information content (AvgIpc) is 2.04. The number of ether oxygens (including phenoxy) is 1. The van der Waals surface area contributed by atoms with Gasteiger partial charge in [-0.05, 0) is 12.5 Å². The zero-order chi connectivity index (χ0) is 10.1. The van der Waals surface area contributed by atoms with Crippen LogP contribution in [0.3, 0.4) is 0 Å². The van der Waals surface area contributed by atoms with Gasteiger partial charge < -0.3 is 4.74 Å². The summed E-state index contributed by atoms with van der Waals surface area (Å²) in [7, 11) is 0. The Morgan fingerprint density at radius 2 is 2.31 bits per heavy atom. The van der Waals surface area contributed by atoms with E-state index in [1.54, 1.807) is 6.08 Å². The molecule has 2 heteroatoms. The molecule has 1 atom stereocenters. The van der Waals surface area contributed by atoms with Gasteiger partial charge in [-0.15, -0.1) is 6.58 Å². The van der Waals surface area contributed by atoms with Crippen LogP contribution in [0.15, 0.2) is 24.8 Å². The topological polar surface area (TPSA) is 26.3 Å². The molecule has 0 saturated heterocycles. The summed E-state index contributed by atoms with van der Waals surface area (Å²) in [6.45, 7) is 7.14. The van der Waals surface area contributed by atoms with Crippen LogP contribution in [-0.2, 0) is 9.53 Å². The van der Waals surface area contributed by atoms with Crippen molar-refractivity contribution in [1.82, 2.24) is 0 Å². The number of esters is 1. The maximum atomic E-state index is 10.7. The van der Waals surface area contributed by atoms with Crippen LogP contribution in [0.2, 0.25) is 0 Å². The highest BCUT2D eigenvalue weighted by atomic mass is 16.5. The first-order chi connectivity index (χ1) is 6.20. The molecular weight excluding hydrogens is 164 g/mol. The van der Waals surface area contributed by atoms with Gasteiger partial charge in [0.1, 0.15) is 6.10 Å². The second kappa shape index (κ2) is 7.59. The van der Waals surface area contributed by atoms with Crippen LogP contribution in [0, 0.1) is 0 Å². The molecule has 1 unspecified atom stereocenters. The Morgan fingerprint density at radius 1 is 1.62 bits per heavy atom. The summed E-state index contributed by atoms with van der Waals surface area (Å²) >= 11 is 0. The lowest BCUT2D eigenvalue weighted by Gasteiger charge is -2.09. The Hall–Kier alpha value is -1.05. The van der Waals surface area contributed by atoms with Gasteiger partial charge in [0.05, 0.1) is 0 Å². The molecular formula is C11H18O2. The van der Waals surface area contributed by atoms with Gasteiger partial charge in [-0.25, -0.2) is 0 Å². The van der Waals surface area contributed by atoms with Crippen LogP contribution in [0.1, 0.15) is 33.1 Å². The fraction of sp³-hybridized carbons (Fsp3) is 0.545. The number of hydrogen-bond acceptors (Lipinski definition) is 2. The van der Waals surface area contributed by atoms with Gasteiger partial charge in [0.15, 0.2) is 0 Å². The molecule has 0 aliphatic rings. The Balaban J connectivity index is 3.92. The van der Waals surface area contributed by atoms with Crippen molar-refractivity contribution in [3.05, 3.63) is 24.8 Å². The SMILES string of the molecule is C=CCC(/C=C/CCC)OC(C)=O. The quantitative estimate of drug-likeness (QED) is 0.466. The van der Waals surface area contributed by atoms with E-state index >= 15 is 0 Å². The van der Waals surface area contributed by atoms with Crippen molar-refractivity contribution < 1.29 is 9.53 Å².